The van der Waals surface area contributed by atoms with Crippen molar-refractivity contribution in [3.8, 4) is 0 Å². The first-order valence-electron chi connectivity index (χ1n) is 11.0. The molecule has 1 rings (SSSR count). The van der Waals surface area contributed by atoms with Gasteiger partial charge in [0.25, 0.3) is 5.91 Å². The van der Waals surface area contributed by atoms with Gasteiger partial charge in [-0.1, -0.05) is 50.3 Å². The summed E-state index contributed by atoms with van der Waals surface area (Å²) in [7, 11) is 0. The Labute approximate surface area is 187 Å². The molecule has 1 amide bonds. The molecule has 0 spiro atoms. The first kappa shape index (κ1) is 26.6. The molecular formula is C24H39ClN2O3. The monoisotopic (exact) mass is 438 g/mol. The van der Waals surface area contributed by atoms with Crippen LogP contribution in [0.2, 0.25) is 0 Å². The van der Waals surface area contributed by atoms with Gasteiger partial charge in [-0.15, -0.1) is 11.6 Å². The third-order valence-corrected chi connectivity index (χ3v) is 5.79. The molecule has 1 aliphatic rings. The van der Waals surface area contributed by atoms with Gasteiger partial charge in [-0.25, -0.2) is 0 Å². The molecule has 0 radical (unpaired) electrons. The van der Waals surface area contributed by atoms with E-state index in [2.05, 4.69) is 31.3 Å². The van der Waals surface area contributed by atoms with Crippen LogP contribution in [0.5, 0.6) is 0 Å². The third-order valence-electron chi connectivity index (χ3n) is 5.09. The van der Waals surface area contributed by atoms with Crippen LogP contribution >= 0.6 is 11.6 Å². The summed E-state index contributed by atoms with van der Waals surface area (Å²) in [6.07, 6.45) is 16.6. The van der Waals surface area contributed by atoms with E-state index in [1.165, 1.54) is 0 Å². The lowest BCUT2D eigenvalue weighted by atomic mass is 9.92. The highest BCUT2D eigenvalue weighted by Gasteiger charge is 2.26. The van der Waals surface area contributed by atoms with Crippen LogP contribution in [0.3, 0.4) is 0 Å². The van der Waals surface area contributed by atoms with Crippen LogP contribution in [0, 0.1) is 5.92 Å². The van der Waals surface area contributed by atoms with Gasteiger partial charge in [0, 0.05) is 24.8 Å². The van der Waals surface area contributed by atoms with Crippen LogP contribution in [0.15, 0.2) is 48.2 Å². The summed E-state index contributed by atoms with van der Waals surface area (Å²) in [4.78, 5) is 14.0. The Kier molecular flexibility index (Phi) is 13.7. The van der Waals surface area contributed by atoms with Gasteiger partial charge in [0.2, 0.25) is 0 Å². The van der Waals surface area contributed by atoms with Crippen molar-refractivity contribution in [3.63, 3.8) is 0 Å². The average molecular weight is 439 g/mol. The zero-order valence-corrected chi connectivity index (χ0v) is 19.6. The molecule has 0 aromatic carbocycles. The van der Waals surface area contributed by atoms with Gasteiger partial charge in [-0.3, -0.25) is 4.79 Å². The van der Waals surface area contributed by atoms with Crippen molar-refractivity contribution >= 4 is 17.5 Å². The number of aliphatic hydroxyl groups excluding tert-OH is 1. The fraction of sp³-hybridized carbons (Fsp3) is 0.625. The highest BCUT2D eigenvalue weighted by Crippen LogP contribution is 2.23. The fourth-order valence-electron chi connectivity index (χ4n) is 3.29. The van der Waals surface area contributed by atoms with Crippen molar-refractivity contribution in [1.29, 1.82) is 0 Å². The summed E-state index contributed by atoms with van der Waals surface area (Å²) >= 11 is 6.51. The SMILES string of the molecule is CC/C=C(/CO)C/C=C\COCC(=O)N(/C=C\C(C)NC1CC=CC(C)C1Cl)CC. The van der Waals surface area contributed by atoms with Gasteiger partial charge >= 0.3 is 0 Å². The minimum atomic E-state index is -0.0688. The molecule has 4 atom stereocenters. The molecule has 0 saturated carbocycles. The van der Waals surface area contributed by atoms with E-state index in [-0.39, 0.29) is 36.6 Å². The Morgan fingerprint density at radius 3 is 2.83 bits per heavy atom. The van der Waals surface area contributed by atoms with Crippen LogP contribution in [0.25, 0.3) is 0 Å². The Bertz CT molecular complexity index is 616. The summed E-state index contributed by atoms with van der Waals surface area (Å²) in [5, 5.41) is 12.8. The molecule has 170 valence electrons. The number of likely N-dealkylation sites (N-methyl/N-ethyl adjacent to an activating group) is 1. The number of hydrogen-bond donors (Lipinski definition) is 2. The maximum absolute atomic E-state index is 12.4. The first-order valence-corrected chi connectivity index (χ1v) is 11.4. The van der Waals surface area contributed by atoms with Crippen LogP contribution in [0.1, 0.15) is 47.0 Å². The van der Waals surface area contributed by atoms with Crippen molar-refractivity contribution in [2.24, 2.45) is 5.92 Å². The zero-order chi connectivity index (χ0) is 22.4. The highest BCUT2D eigenvalue weighted by atomic mass is 35.5. The molecule has 0 heterocycles. The quantitative estimate of drug-likeness (QED) is 0.257. The van der Waals surface area contributed by atoms with E-state index in [1.54, 1.807) is 4.90 Å². The summed E-state index contributed by atoms with van der Waals surface area (Å²) in [5.74, 6) is 0.285. The maximum atomic E-state index is 12.4. The molecule has 2 N–H and O–H groups in total. The van der Waals surface area contributed by atoms with Gasteiger partial charge in [0.1, 0.15) is 6.61 Å². The van der Waals surface area contributed by atoms with Crippen LogP contribution < -0.4 is 5.32 Å². The number of halogens is 1. The average Bonchev–Trinajstić information content (AvgIpc) is 2.73. The van der Waals surface area contributed by atoms with E-state index in [1.807, 2.05) is 44.4 Å². The van der Waals surface area contributed by atoms with Crippen molar-refractivity contribution in [2.75, 3.05) is 26.4 Å². The number of carbonyl (C=O) groups excluding carboxylic acids is 1. The minimum Gasteiger partial charge on any atom is -0.392 e. The van der Waals surface area contributed by atoms with E-state index < -0.39 is 0 Å². The van der Waals surface area contributed by atoms with E-state index in [4.69, 9.17) is 16.3 Å². The van der Waals surface area contributed by atoms with Crippen molar-refractivity contribution in [3.05, 3.63) is 48.2 Å². The van der Waals surface area contributed by atoms with Gasteiger partial charge in [0.05, 0.1) is 18.6 Å². The fourth-order valence-corrected chi connectivity index (χ4v) is 3.55. The number of nitrogens with one attached hydrogen (secondary N) is 1. The summed E-state index contributed by atoms with van der Waals surface area (Å²) in [6, 6.07) is 0.336. The standard InChI is InChI=1S/C24H39ClN2O3/c1-5-10-21(17-28)12-7-8-16-30-18-23(29)27(6-2)15-14-20(4)26-22-13-9-11-19(3)24(22)25/h7-11,14-15,19-20,22,24,26,28H,5-6,12-13,16-18H2,1-4H3/b8-7-,15-14-,21-10+. The largest absolute Gasteiger partial charge is 0.392 e. The van der Waals surface area contributed by atoms with Crippen LogP contribution in [-0.4, -0.2) is 59.7 Å². The Morgan fingerprint density at radius 2 is 2.17 bits per heavy atom. The minimum absolute atomic E-state index is 0.0384. The van der Waals surface area contributed by atoms with Gasteiger partial charge in [-0.2, -0.15) is 0 Å². The molecule has 0 saturated heterocycles. The third kappa shape index (κ3) is 10.1. The Morgan fingerprint density at radius 1 is 1.40 bits per heavy atom. The molecule has 6 heteroatoms. The summed E-state index contributed by atoms with van der Waals surface area (Å²) in [6.45, 7) is 9.26. The summed E-state index contributed by atoms with van der Waals surface area (Å²) < 4.78 is 5.47. The number of nitrogens with zero attached hydrogens (tertiary/aromatic N) is 1. The Hall–Kier alpha value is -1.40. The molecular weight excluding hydrogens is 400 g/mol. The van der Waals surface area contributed by atoms with E-state index in [0.29, 0.717) is 25.5 Å². The predicted octanol–water partition coefficient (Wildman–Crippen LogP) is 4.19. The number of ether oxygens (including phenoxy) is 1. The molecule has 5 nitrogen and oxygen atoms in total. The molecule has 0 aliphatic heterocycles. The van der Waals surface area contributed by atoms with E-state index in [0.717, 1.165) is 18.4 Å². The normalized spacial score (nSPS) is 23.4. The number of alkyl halides is 1. The van der Waals surface area contributed by atoms with Crippen molar-refractivity contribution < 1.29 is 14.6 Å². The number of amides is 1. The predicted molar refractivity (Wildman–Crippen MR) is 126 cm³/mol. The number of aliphatic hydroxyl groups is 1. The second kappa shape index (κ2) is 15.4. The smallest absolute Gasteiger partial charge is 0.252 e. The maximum Gasteiger partial charge on any atom is 0.252 e. The van der Waals surface area contributed by atoms with E-state index in [9.17, 15) is 9.90 Å². The Balaban J connectivity index is 2.38. The topological polar surface area (TPSA) is 61.8 Å². The molecule has 0 bridgehead atoms. The molecule has 0 fully saturated rings. The molecule has 30 heavy (non-hydrogen) atoms. The number of allylic oxidation sites excluding steroid dienone is 3. The van der Waals surface area contributed by atoms with Gasteiger partial charge in [-0.05, 0) is 44.6 Å². The highest BCUT2D eigenvalue weighted by molar-refractivity contribution is 6.21. The lowest BCUT2D eigenvalue weighted by Gasteiger charge is -2.31. The summed E-state index contributed by atoms with van der Waals surface area (Å²) in [5.41, 5.74) is 0.994. The molecule has 0 aromatic heterocycles. The number of hydrogen-bond acceptors (Lipinski definition) is 4. The van der Waals surface area contributed by atoms with Crippen molar-refractivity contribution in [1.82, 2.24) is 10.2 Å². The van der Waals surface area contributed by atoms with E-state index >= 15 is 0 Å². The van der Waals surface area contributed by atoms with Gasteiger partial charge in [0.15, 0.2) is 0 Å². The number of rotatable bonds is 13. The lowest BCUT2D eigenvalue weighted by Crippen LogP contribution is -2.45. The van der Waals surface area contributed by atoms with Crippen LogP contribution in [-0.2, 0) is 9.53 Å². The zero-order valence-electron chi connectivity index (χ0n) is 18.9. The molecule has 1 aliphatic carbocycles. The molecule has 4 unspecified atom stereocenters. The van der Waals surface area contributed by atoms with Crippen LogP contribution in [0.4, 0.5) is 0 Å². The lowest BCUT2D eigenvalue weighted by molar-refractivity contribution is -0.132. The number of carbonyl (C=O) groups is 1. The second-order valence-electron chi connectivity index (χ2n) is 7.67. The van der Waals surface area contributed by atoms with Gasteiger partial charge < -0.3 is 20.1 Å². The molecule has 0 aromatic rings. The first-order chi connectivity index (χ1) is 14.4. The van der Waals surface area contributed by atoms with Crippen molar-refractivity contribution in [2.45, 2.75) is 64.4 Å². The second-order valence-corrected chi connectivity index (χ2v) is 8.17.